The predicted octanol–water partition coefficient (Wildman–Crippen LogP) is -0.413. The molecule has 0 bridgehead atoms. The number of carbonyl (C=O) groups is 3. The molecule has 26 heavy (non-hydrogen) atoms. The van der Waals surface area contributed by atoms with Crippen molar-refractivity contribution >= 4 is 27.9 Å². The third-order valence-electron chi connectivity index (χ3n) is 3.52. The second-order valence-electron chi connectivity index (χ2n) is 5.40. The van der Waals surface area contributed by atoms with E-state index in [4.69, 9.17) is 4.55 Å². The average Bonchev–Trinajstić information content (AvgIpc) is 3.01. The number of aromatic hydroxyl groups is 2. The molecule has 0 aromatic carbocycles. The van der Waals surface area contributed by atoms with Crippen molar-refractivity contribution in [1.29, 1.82) is 0 Å². The maximum atomic E-state index is 11.7. The number of hydrogen-bond donors (Lipinski definition) is 3. The second-order valence-corrected chi connectivity index (χ2v) is 6.79. The topological polar surface area (TPSA) is 163 Å². The number of rotatable bonds is 8. The van der Waals surface area contributed by atoms with Crippen molar-refractivity contribution in [3.8, 4) is 11.8 Å². The van der Waals surface area contributed by atoms with Crippen LogP contribution < -0.4 is 4.84 Å². The first-order valence-corrected chi connectivity index (χ1v) is 8.91. The van der Waals surface area contributed by atoms with Gasteiger partial charge in [-0.15, -0.1) is 4.73 Å². The molecule has 2 rings (SSSR count). The Balaban J connectivity index is 1.79. The standard InChI is InChI=1S/C14H16N2O9S/c17-10-5-6-11(18)15(10)7-3-1-2-4-13(20)25-16-12(19)8-9(14(16)21)26(22,23)24/h5-6,8,19,21H,1-4,7H2,(H,22,23,24). The Morgan fingerprint density at radius 2 is 1.69 bits per heavy atom. The van der Waals surface area contributed by atoms with E-state index < -0.39 is 32.7 Å². The fraction of sp³-hybridized carbons (Fsp3) is 0.357. The van der Waals surface area contributed by atoms with Crippen LogP contribution >= 0.6 is 0 Å². The number of amides is 2. The van der Waals surface area contributed by atoms with E-state index in [9.17, 15) is 33.0 Å². The van der Waals surface area contributed by atoms with Crippen molar-refractivity contribution in [1.82, 2.24) is 9.63 Å². The molecule has 1 aliphatic rings. The quantitative estimate of drug-likeness (QED) is 0.305. The Kier molecular flexibility index (Phi) is 5.67. The van der Waals surface area contributed by atoms with Crippen LogP contribution in [0.2, 0.25) is 0 Å². The minimum Gasteiger partial charge on any atom is -0.492 e. The fourth-order valence-electron chi connectivity index (χ4n) is 2.24. The molecule has 0 spiro atoms. The van der Waals surface area contributed by atoms with E-state index in [0.29, 0.717) is 25.3 Å². The van der Waals surface area contributed by atoms with E-state index in [1.807, 2.05) is 0 Å². The lowest BCUT2D eigenvalue weighted by molar-refractivity contribution is -0.145. The zero-order valence-corrected chi connectivity index (χ0v) is 14.2. The number of carbonyl (C=O) groups excluding carboxylic acids is 3. The van der Waals surface area contributed by atoms with Crippen molar-refractivity contribution in [3.63, 3.8) is 0 Å². The van der Waals surface area contributed by atoms with Crippen LogP contribution in [-0.2, 0) is 24.5 Å². The first kappa shape index (κ1) is 19.5. The third kappa shape index (κ3) is 4.40. The minimum absolute atomic E-state index is 0.127. The van der Waals surface area contributed by atoms with Crippen molar-refractivity contribution in [3.05, 3.63) is 18.2 Å². The fourth-order valence-corrected chi connectivity index (χ4v) is 2.81. The van der Waals surface area contributed by atoms with Gasteiger partial charge in [-0.2, -0.15) is 8.42 Å². The molecule has 0 saturated heterocycles. The van der Waals surface area contributed by atoms with Crippen LogP contribution in [0.3, 0.4) is 0 Å². The number of hydrogen-bond acceptors (Lipinski definition) is 8. The molecule has 0 fully saturated rings. The van der Waals surface area contributed by atoms with E-state index in [-0.39, 0.29) is 29.5 Å². The van der Waals surface area contributed by atoms with Gasteiger partial charge >= 0.3 is 5.97 Å². The van der Waals surface area contributed by atoms with Crippen molar-refractivity contribution < 1.29 is 42.4 Å². The van der Waals surface area contributed by atoms with Gasteiger partial charge in [0.1, 0.15) is 0 Å². The molecule has 3 N–H and O–H groups in total. The van der Waals surface area contributed by atoms with Gasteiger partial charge in [0.15, 0.2) is 4.90 Å². The molecule has 142 valence electrons. The molecule has 2 amide bonds. The zero-order chi connectivity index (χ0) is 19.5. The molecule has 0 radical (unpaired) electrons. The van der Waals surface area contributed by atoms with E-state index in [1.165, 1.54) is 12.2 Å². The number of unbranched alkanes of at least 4 members (excludes halogenated alkanes) is 2. The normalized spacial score (nSPS) is 14.3. The van der Waals surface area contributed by atoms with Gasteiger partial charge in [-0.3, -0.25) is 19.0 Å². The van der Waals surface area contributed by atoms with Gasteiger partial charge in [0.25, 0.3) is 27.8 Å². The molecule has 1 aromatic rings. The minimum atomic E-state index is -4.80. The highest BCUT2D eigenvalue weighted by molar-refractivity contribution is 7.86. The molecule has 12 heteroatoms. The van der Waals surface area contributed by atoms with Crippen LogP contribution in [-0.4, -0.2) is 57.1 Å². The van der Waals surface area contributed by atoms with Crippen LogP contribution in [0.25, 0.3) is 0 Å². The molecule has 0 aliphatic carbocycles. The summed E-state index contributed by atoms with van der Waals surface area (Å²) in [6, 6.07) is 0.524. The molecule has 1 aromatic heterocycles. The molecule has 0 saturated carbocycles. The third-order valence-corrected chi connectivity index (χ3v) is 4.37. The molecule has 1 aliphatic heterocycles. The summed E-state index contributed by atoms with van der Waals surface area (Å²) in [6.45, 7) is 0.219. The summed E-state index contributed by atoms with van der Waals surface area (Å²) in [6.07, 6.45) is 3.52. The van der Waals surface area contributed by atoms with Gasteiger partial charge in [-0.25, -0.2) is 4.79 Å². The maximum Gasteiger partial charge on any atom is 0.333 e. The first-order valence-electron chi connectivity index (χ1n) is 7.47. The van der Waals surface area contributed by atoms with Crippen LogP contribution in [0.5, 0.6) is 11.8 Å². The van der Waals surface area contributed by atoms with E-state index >= 15 is 0 Å². The van der Waals surface area contributed by atoms with Gasteiger partial charge in [0, 0.05) is 31.2 Å². The highest BCUT2D eigenvalue weighted by atomic mass is 32.2. The molecule has 0 atom stereocenters. The number of nitrogens with zero attached hydrogens (tertiary/aromatic N) is 2. The van der Waals surface area contributed by atoms with E-state index in [2.05, 4.69) is 4.84 Å². The highest BCUT2D eigenvalue weighted by Crippen LogP contribution is 2.30. The van der Waals surface area contributed by atoms with Gasteiger partial charge in [0.05, 0.1) is 0 Å². The Labute approximate surface area is 147 Å². The summed E-state index contributed by atoms with van der Waals surface area (Å²) < 4.78 is 31.0. The van der Waals surface area contributed by atoms with Gasteiger partial charge in [0.2, 0.25) is 5.88 Å². The van der Waals surface area contributed by atoms with Gasteiger partial charge in [-0.1, -0.05) is 6.42 Å². The Morgan fingerprint density at radius 3 is 2.23 bits per heavy atom. The van der Waals surface area contributed by atoms with Gasteiger partial charge < -0.3 is 15.1 Å². The van der Waals surface area contributed by atoms with E-state index in [0.717, 1.165) is 4.90 Å². The molecule has 2 heterocycles. The molecule has 0 unspecified atom stereocenters. The number of imide groups is 1. The zero-order valence-electron chi connectivity index (χ0n) is 13.4. The van der Waals surface area contributed by atoms with Crippen molar-refractivity contribution in [2.75, 3.05) is 6.54 Å². The Morgan fingerprint density at radius 1 is 1.08 bits per heavy atom. The largest absolute Gasteiger partial charge is 0.492 e. The highest BCUT2D eigenvalue weighted by Gasteiger charge is 2.26. The van der Waals surface area contributed by atoms with Crippen molar-refractivity contribution in [2.24, 2.45) is 0 Å². The molecule has 11 nitrogen and oxygen atoms in total. The maximum absolute atomic E-state index is 11.7. The SMILES string of the molecule is O=C(CCCCCN1C(=O)C=CC1=O)On1c(O)cc(S(=O)(=O)O)c1O. The monoisotopic (exact) mass is 388 g/mol. The lowest BCUT2D eigenvalue weighted by Crippen LogP contribution is -2.30. The average molecular weight is 388 g/mol. The predicted molar refractivity (Wildman–Crippen MR) is 83.5 cm³/mol. The van der Waals surface area contributed by atoms with Crippen LogP contribution in [0.15, 0.2) is 23.1 Å². The summed E-state index contributed by atoms with van der Waals surface area (Å²) in [5, 5.41) is 19.1. The molecular weight excluding hydrogens is 372 g/mol. The summed E-state index contributed by atoms with van der Waals surface area (Å²) in [4.78, 5) is 39.1. The van der Waals surface area contributed by atoms with Crippen LogP contribution in [0.4, 0.5) is 0 Å². The molecular formula is C14H16N2O9S. The summed E-state index contributed by atoms with van der Waals surface area (Å²) in [5.41, 5.74) is 0. The van der Waals surface area contributed by atoms with Crippen LogP contribution in [0, 0.1) is 0 Å². The summed E-state index contributed by atoms with van der Waals surface area (Å²) in [5.74, 6) is -3.67. The van der Waals surface area contributed by atoms with Crippen LogP contribution in [0.1, 0.15) is 25.7 Å². The Bertz CT molecular complexity index is 851. The Hall–Kier alpha value is -2.86. The number of aromatic nitrogens is 1. The van der Waals surface area contributed by atoms with Crippen molar-refractivity contribution in [2.45, 2.75) is 30.6 Å². The van der Waals surface area contributed by atoms with E-state index in [1.54, 1.807) is 0 Å². The first-order chi connectivity index (χ1) is 12.1. The summed E-state index contributed by atoms with van der Waals surface area (Å²) in [7, 11) is -4.80. The smallest absolute Gasteiger partial charge is 0.333 e. The summed E-state index contributed by atoms with van der Waals surface area (Å²) >= 11 is 0. The lowest BCUT2D eigenvalue weighted by atomic mass is 10.2. The van der Waals surface area contributed by atoms with Gasteiger partial charge in [-0.05, 0) is 12.8 Å². The second kappa shape index (κ2) is 7.58. The lowest BCUT2D eigenvalue weighted by Gasteiger charge is -2.13.